The second kappa shape index (κ2) is 27.6. The zero-order valence-corrected chi connectivity index (χ0v) is 27.8. The van der Waals surface area contributed by atoms with Crippen LogP contribution in [0.2, 0.25) is 0 Å². The molecule has 0 bridgehead atoms. The fourth-order valence-electron chi connectivity index (χ4n) is 1.89. The molecule has 1 aromatic rings. The van der Waals surface area contributed by atoms with Crippen molar-refractivity contribution in [1.29, 1.82) is 0 Å². The van der Waals surface area contributed by atoms with E-state index in [2.05, 4.69) is 37.6 Å². The zero-order valence-electron chi connectivity index (χ0n) is 27.8. The maximum atomic E-state index is 10.7. The average Bonchev–Trinajstić information content (AvgIpc) is 3.83. The van der Waals surface area contributed by atoms with Gasteiger partial charge >= 0.3 is 23.9 Å². The van der Waals surface area contributed by atoms with Crippen molar-refractivity contribution in [3.63, 3.8) is 0 Å². The third-order valence-corrected chi connectivity index (χ3v) is 4.34. The summed E-state index contributed by atoms with van der Waals surface area (Å²) in [5.74, 6) is -0.537. The molecule has 1 fully saturated rings. The second-order valence-corrected chi connectivity index (χ2v) is 10.2. The van der Waals surface area contributed by atoms with E-state index in [1.807, 2.05) is 64.1 Å². The van der Waals surface area contributed by atoms with Crippen LogP contribution in [-0.4, -0.2) is 63.5 Å². The monoisotopic (exact) mass is 616 g/mol. The molecule has 44 heavy (non-hydrogen) atoms. The van der Waals surface area contributed by atoms with Crippen molar-refractivity contribution < 1.29 is 42.9 Å². The molecule has 0 aliphatic carbocycles. The topological polar surface area (TPSA) is 118 Å². The van der Waals surface area contributed by atoms with Gasteiger partial charge in [-0.3, -0.25) is 0 Å². The normalized spacial score (nSPS) is 11.8. The van der Waals surface area contributed by atoms with Gasteiger partial charge in [-0.2, -0.15) is 0 Å². The van der Waals surface area contributed by atoms with Gasteiger partial charge < -0.3 is 23.7 Å². The summed E-state index contributed by atoms with van der Waals surface area (Å²) in [5, 5.41) is 0. The summed E-state index contributed by atoms with van der Waals surface area (Å²) in [5.41, 5.74) is 2.50. The van der Waals surface area contributed by atoms with Crippen molar-refractivity contribution in [2.75, 3.05) is 33.5 Å². The van der Waals surface area contributed by atoms with E-state index >= 15 is 0 Å². The minimum absolute atomic E-state index is 0.142. The first-order chi connectivity index (χ1) is 20.5. The maximum Gasteiger partial charge on any atom is 0.333 e. The van der Waals surface area contributed by atoms with Crippen molar-refractivity contribution in [2.24, 2.45) is 11.8 Å². The molecule has 1 saturated heterocycles. The summed E-state index contributed by atoms with van der Waals surface area (Å²) in [7, 11) is 1.33. The van der Waals surface area contributed by atoms with Gasteiger partial charge in [0.05, 0.1) is 26.9 Å². The van der Waals surface area contributed by atoms with Crippen molar-refractivity contribution >= 4 is 30.0 Å². The lowest BCUT2D eigenvalue weighted by molar-refractivity contribution is -0.140. The smallest absolute Gasteiger partial charge is 0.333 e. The molecule has 0 saturated carbocycles. The van der Waals surface area contributed by atoms with Crippen LogP contribution in [0.3, 0.4) is 0 Å². The van der Waals surface area contributed by atoms with Crippen molar-refractivity contribution in [1.82, 2.24) is 0 Å². The average molecular weight is 617 g/mol. The first-order valence-corrected chi connectivity index (χ1v) is 14.0. The number of hydrogen-bond donors (Lipinski definition) is 0. The molecular weight excluding hydrogens is 564 g/mol. The van der Waals surface area contributed by atoms with E-state index in [-0.39, 0.29) is 30.0 Å². The Balaban J connectivity index is -0.000000480. The van der Waals surface area contributed by atoms with Gasteiger partial charge in [0.25, 0.3) is 0 Å². The Kier molecular flexibility index (Phi) is 27.7. The lowest BCUT2D eigenvalue weighted by Crippen LogP contribution is -2.09. The summed E-state index contributed by atoms with van der Waals surface area (Å²) < 4.78 is 23.4. The molecule has 0 N–H and O–H groups in total. The number of benzene rings is 1. The van der Waals surface area contributed by atoms with E-state index in [0.717, 1.165) is 0 Å². The van der Waals surface area contributed by atoms with Crippen LogP contribution in [-0.2, 0) is 42.9 Å². The van der Waals surface area contributed by atoms with Crippen LogP contribution in [0, 0.1) is 11.8 Å². The first-order valence-electron chi connectivity index (χ1n) is 14.0. The number of carbonyl (C=O) groups excluding carboxylic acids is 4. The Bertz CT molecular complexity index is 1020. The summed E-state index contributed by atoms with van der Waals surface area (Å²) in [4.78, 5) is 42.0. The first kappa shape index (κ1) is 44.2. The molecule has 1 heterocycles. The predicted octanol–water partition coefficient (Wildman–Crippen LogP) is 6.70. The van der Waals surface area contributed by atoms with E-state index in [9.17, 15) is 19.2 Å². The highest BCUT2D eigenvalue weighted by Gasteiger charge is 2.24. The third kappa shape index (κ3) is 32.3. The van der Waals surface area contributed by atoms with Crippen LogP contribution >= 0.6 is 0 Å². The predicted molar refractivity (Wildman–Crippen MR) is 175 cm³/mol. The number of epoxide rings is 1. The third-order valence-electron chi connectivity index (χ3n) is 4.34. The number of esters is 4. The largest absolute Gasteiger partial charge is 0.466 e. The van der Waals surface area contributed by atoms with E-state index in [1.54, 1.807) is 20.8 Å². The van der Waals surface area contributed by atoms with Crippen LogP contribution in [0.4, 0.5) is 0 Å². The van der Waals surface area contributed by atoms with E-state index in [4.69, 9.17) is 18.9 Å². The molecule has 1 unspecified atom stereocenters. The summed E-state index contributed by atoms with van der Waals surface area (Å²) in [6, 6.07) is 10.0. The number of methoxy groups -OCH3 is 1. The summed E-state index contributed by atoms with van der Waals surface area (Å²) >= 11 is 0. The second-order valence-electron chi connectivity index (χ2n) is 10.2. The molecule has 9 nitrogen and oxygen atoms in total. The quantitative estimate of drug-likeness (QED) is 0.116. The summed E-state index contributed by atoms with van der Waals surface area (Å²) in [6.07, 6.45) is 3.14. The highest BCUT2D eigenvalue weighted by atomic mass is 16.6. The fourth-order valence-corrected chi connectivity index (χ4v) is 1.89. The SMILES string of the molecule is C=C(C)C(=O)OC.C=C(C)C(=O)OCC(C)C.C=C(C)C(=O)OCC1CO1.C=CC(=O)OCC(C)C.C=Cc1ccccc1. The standard InChI is InChI=1S/C8H14O2.C8H8.C7H10O3.C7H12O2.C5H8O2/c1-6(2)5-10-8(9)7(3)4;1-2-8-6-4-3-5-7-8;1-5(2)7(8)10-4-6-3-9-6;1-4-7(8)9-5-6(2)3;1-4(2)5(6)7-3/h6H,3,5H2,1-2,4H3;2-7H,1H2;6H,1,3-4H2,2H3;4,6H,1,5H2,2-3H3;1H2,2-3H3. The van der Waals surface area contributed by atoms with Crippen LogP contribution < -0.4 is 0 Å². The van der Waals surface area contributed by atoms with Gasteiger partial charge in [0, 0.05) is 22.8 Å². The minimum atomic E-state index is -0.347. The Hall–Kier alpha value is -4.24. The van der Waals surface area contributed by atoms with Gasteiger partial charge in [0.15, 0.2) is 0 Å². The molecule has 1 aliphatic rings. The lowest BCUT2D eigenvalue weighted by Gasteiger charge is -2.05. The number of hydrogen-bond acceptors (Lipinski definition) is 9. The van der Waals surface area contributed by atoms with Gasteiger partial charge in [-0.05, 0) is 38.2 Å². The fraction of sp³-hybridized carbons (Fsp3) is 0.429. The van der Waals surface area contributed by atoms with Crippen LogP contribution in [0.25, 0.3) is 6.08 Å². The molecule has 246 valence electrons. The summed E-state index contributed by atoms with van der Waals surface area (Å²) in [6.45, 7) is 32.0. The van der Waals surface area contributed by atoms with Gasteiger partial charge in [0.2, 0.25) is 0 Å². The molecule has 0 aromatic heterocycles. The Morgan fingerprint density at radius 2 is 1.23 bits per heavy atom. The van der Waals surface area contributed by atoms with E-state index < -0.39 is 0 Å². The van der Waals surface area contributed by atoms with E-state index in [1.165, 1.54) is 18.7 Å². The Labute approximate surface area is 264 Å². The van der Waals surface area contributed by atoms with Crippen LogP contribution in [0.15, 0.2) is 86.0 Å². The van der Waals surface area contributed by atoms with Gasteiger partial charge in [-0.25, -0.2) is 19.2 Å². The molecule has 2 rings (SSSR count). The Morgan fingerprint density at radius 1 is 0.795 bits per heavy atom. The van der Waals surface area contributed by atoms with Crippen LogP contribution in [0.5, 0.6) is 0 Å². The molecule has 1 aliphatic heterocycles. The number of ether oxygens (including phenoxy) is 5. The minimum Gasteiger partial charge on any atom is -0.466 e. The molecule has 0 amide bonds. The zero-order chi connectivity index (χ0) is 34.7. The highest BCUT2D eigenvalue weighted by molar-refractivity contribution is 5.87. The van der Waals surface area contributed by atoms with Crippen molar-refractivity contribution in [2.45, 2.75) is 54.6 Å². The van der Waals surface area contributed by atoms with Gasteiger partial charge in [-0.1, -0.05) is 97.0 Å². The molecule has 0 spiro atoms. The number of carbonyl (C=O) groups is 4. The maximum absolute atomic E-state index is 10.7. The van der Waals surface area contributed by atoms with Crippen molar-refractivity contribution in [3.05, 3.63) is 91.6 Å². The van der Waals surface area contributed by atoms with Crippen LogP contribution in [0.1, 0.15) is 54.0 Å². The molecular formula is C35H52O9. The Morgan fingerprint density at radius 3 is 1.52 bits per heavy atom. The van der Waals surface area contributed by atoms with Crippen molar-refractivity contribution in [3.8, 4) is 0 Å². The number of rotatable bonds is 11. The van der Waals surface area contributed by atoms with Gasteiger partial charge in [-0.15, -0.1) is 0 Å². The molecule has 1 atom stereocenters. The highest BCUT2D eigenvalue weighted by Crippen LogP contribution is 2.09. The molecule has 1 aromatic carbocycles. The van der Waals surface area contributed by atoms with E-state index in [0.29, 0.717) is 55.0 Å². The molecule has 0 radical (unpaired) electrons. The lowest BCUT2D eigenvalue weighted by atomic mass is 10.2. The van der Waals surface area contributed by atoms with Gasteiger partial charge in [0.1, 0.15) is 12.7 Å². The molecule has 9 heteroatoms.